The van der Waals surface area contributed by atoms with E-state index in [0.29, 0.717) is 17.1 Å². The molecular weight excluding hydrogens is 572 g/mol. The van der Waals surface area contributed by atoms with Gasteiger partial charge in [0.15, 0.2) is 28.8 Å². The lowest BCUT2D eigenvalue weighted by molar-refractivity contribution is -0.127. The van der Waals surface area contributed by atoms with Crippen LogP contribution in [0.1, 0.15) is 48.5 Å². The number of primary amides is 1. The van der Waals surface area contributed by atoms with Gasteiger partial charge in [-0.05, 0) is 24.6 Å². The van der Waals surface area contributed by atoms with E-state index in [1.54, 1.807) is 25.1 Å². The monoisotopic (exact) mass is 600 g/mol. The van der Waals surface area contributed by atoms with Crippen LogP contribution in [0.3, 0.4) is 0 Å². The maximum absolute atomic E-state index is 14.2. The van der Waals surface area contributed by atoms with Gasteiger partial charge in [-0.2, -0.15) is 0 Å². The topological polar surface area (TPSA) is 173 Å². The molecule has 0 aromatic heterocycles. The summed E-state index contributed by atoms with van der Waals surface area (Å²) in [6, 6.07) is 5.26. The Hall–Kier alpha value is -4.45. The first kappa shape index (κ1) is 29.1. The molecule has 1 aliphatic carbocycles. The lowest BCUT2D eigenvalue weighted by Gasteiger charge is -2.38. The maximum Gasteiger partial charge on any atom is 0.239 e. The van der Waals surface area contributed by atoms with Gasteiger partial charge in [-0.1, -0.05) is 24.6 Å². The number of nitrogens with two attached hydrogens (primary N) is 1. The number of nitrogens with one attached hydrogen (secondary N) is 1. The Kier molecular flexibility index (Phi) is 7.44. The Balaban J connectivity index is 1.67. The zero-order valence-corrected chi connectivity index (χ0v) is 24.0. The second-order valence-corrected chi connectivity index (χ2v) is 10.7. The predicted molar refractivity (Wildman–Crippen MR) is 147 cm³/mol. The molecule has 3 aliphatic rings. The molecule has 0 saturated heterocycles. The Labute approximate surface area is 245 Å². The highest BCUT2D eigenvalue weighted by atomic mass is 35.5. The molecule has 4 N–H and O–H groups in total. The molecule has 2 aliphatic heterocycles. The summed E-state index contributed by atoms with van der Waals surface area (Å²) in [6.45, 7) is 3.01. The predicted octanol–water partition coefficient (Wildman–Crippen LogP) is 2.98. The highest BCUT2D eigenvalue weighted by Gasteiger charge is 2.61. The largest absolute Gasteiger partial charge is 0.507 e. The molecule has 222 valence electrons. The van der Waals surface area contributed by atoms with Crippen LogP contribution in [0, 0.1) is 5.92 Å². The maximum atomic E-state index is 14.2. The molecule has 42 heavy (non-hydrogen) atoms. The molecule has 2 aromatic carbocycles. The number of carbonyl (C=O) groups excluding carboxylic acids is 4. The fourth-order valence-electron chi connectivity index (χ4n) is 5.61. The van der Waals surface area contributed by atoms with Crippen LogP contribution in [0.2, 0.25) is 5.02 Å². The molecule has 2 amide bonds. The van der Waals surface area contributed by atoms with Crippen LogP contribution in [0.15, 0.2) is 35.6 Å². The summed E-state index contributed by atoms with van der Waals surface area (Å²) < 4.78 is 27.8. The van der Waals surface area contributed by atoms with Gasteiger partial charge in [0.1, 0.15) is 28.1 Å². The van der Waals surface area contributed by atoms with Gasteiger partial charge in [0.25, 0.3) is 0 Å². The van der Waals surface area contributed by atoms with Crippen molar-refractivity contribution >= 4 is 35.0 Å². The molecule has 2 heterocycles. The summed E-state index contributed by atoms with van der Waals surface area (Å²) in [6.07, 6.45) is -0.581. The minimum Gasteiger partial charge on any atom is -0.507 e. The fourth-order valence-corrected chi connectivity index (χ4v) is 5.88. The van der Waals surface area contributed by atoms with E-state index >= 15 is 0 Å². The first-order chi connectivity index (χ1) is 19.9. The third kappa shape index (κ3) is 4.46. The molecule has 13 heteroatoms. The van der Waals surface area contributed by atoms with Gasteiger partial charge in [0.05, 0.1) is 14.2 Å². The fraction of sp³-hybridized carbons (Fsp3) is 0.379. The number of hydrogen-bond acceptors (Lipinski definition) is 10. The van der Waals surface area contributed by atoms with E-state index in [4.69, 9.17) is 41.0 Å². The number of carbonyl (C=O) groups is 4. The van der Waals surface area contributed by atoms with Crippen molar-refractivity contribution in [3.05, 3.63) is 51.7 Å². The van der Waals surface area contributed by atoms with Crippen LogP contribution in [-0.2, 0) is 14.4 Å². The second-order valence-electron chi connectivity index (χ2n) is 10.3. The van der Waals surface area contributed by atoms with Crippen molar-refractivity contribution in [2.45, 2.75) is 44.2 Å². The number of allylic oxidation sites excluding steroid dienone is 1. The van der Waals surface area contributed by atoms with Crippen LogP contribution in [-0.4, -0.2) is 61.1 Å². The second kappa shape index (κ2) is 10.8. The molecule has 4 atom stereocenters. The van der Waals surface area contributed by atoms with Crippen molar-refractivity contribution in [3.63, 3.8) is 0 Å². The quantitative estimate of drug-likeness (QED) is 0.409. The van der Waals surface area contributed by atoms with Gasteiger partial charge in [0.2, 0.25) is 30.0 Å². The van der Waals surface area contributed by atoms with Crippen molar-refractivity contribution in [1.29, 1.82) is 0 Å². The normalized spacial score (nSPS) is 22.0. The van der Waals surface area contributed by atoms with Gasteiger partial charge in [-0.3, -0.25) is 19.2 Å². The van der Waals surface area contributed by atoms with E-state index in [0.717, 1.165) is 0 Å². The van der Waals surface area contributed by atoms with Crippen LogP contribution in [0.5, 0.6) is 28.7 Å². The number of ether oxygens (including phenoxy) is 5. The minimum absolute atomic E-state index is 0.0101. The van der Waals surface area contributed by atoms with Crippen molar-refractivity contribution in [1.82, 2.24) is 5.32 Å². The van der Waals surface area contributed by atoms with Gasteiger partial charge in [0, 0.05) is 36.3 Å². The van der Waals surface area contributed by atoms with E-state index in [2.05, 4.69) is 5.32 Å². The summed E-state index contributed by atoms with van der Waals surface area (Å²) in [5, 5.41) is 14.4. The van der Waals surface area contributed by atoms with Crippen molar-refractivity contribution in [2.24, 2.45) is 11.7 Å². The number of ketones is 2. The molecular formula is C29H29ClN2O10. The average Bonchev–Trinajstić information content (AvgIpc) is 3.55. The number of halogens is 1. The van der Waals surface area contributed by atoms with Gasteiger partial charge >= 0.3 is 0 Å². The van der Waals surface area contributed by atoms with E-state index in [9.17, 15) is 24.3 Å². The van der Waals surface area contributed by atoms with Crippen LogP contribution < -0.4 is 34.7 Å². The van der Waals surface area contributed by atoms with Gasteiger partial charge < -0.3 is 39.8 Å². The van der Waals surface area contributed by atoms with E-state index in [1.807, 2.05) is 0 Å². The van der Waals surface area contributed by atoms with E-state index in [-0.39, 0.29) is 53.0 Å². The van der Waals surface area contributed by atoms with Crippen LogP contribution >= 0.6 is 11.6 Å². The zero-order chi connectivity index (χ0) is 30.5. The molecule has 2 aromatic rings. The first-order valence-electron chi connectivity index (χ1n) is 13.1. The van der Waals surface area contributed by atoms with Crippen LogP contribution in [0.25, 0.3) is 0 Å². The third-order valence-corrected chi connectivity index (χ3v) is 8.21. The third-order valence-electron chi connectivity index (χ3n) is 7.85. The number of aliphatic hydroxyl groups excluding tert-OH is 1. The van der Waals surface area contributed by atoms with Crippen molar-refractivity contribution in [3.8, 4) is 28.7 Å². The molecule has 4 unspecified atom stereocenters. The first-order valence-corrected chi connectivity index (χ1v) is 13.5. The summed E-state index contributed by atoms with van der Waals surface area (Å²) in [7, 11) is 2.74. The summed E-state index contributed by atoms with van der Waals surface area (Å²) in [5.41, 5.74) is 3.48. The molecule has 0 fully saturated rings. The lowest BCUT2D eigenvalue weighted by Crippen LogP contribution is -2.53. The highest BCUT2D eigenvalue weighted by molar-refractivity contribution is 6.35. The molecule has 5 rings (SSSR count). The molecule has 0 radical (unpaired) electrons. The standard InChI is InChI=1S/C29H29ClN2O10/c1-12-7-16(33)22(26(35)29(12)27(36)23-19(38-3)10-20(39-4)24(30)25(23)42-29)15(9-21(34)32-13(2)28(31)37)14-5-6-17-18(8-14)41-11-40-17/h5-6,8,10,12-13,15,35H,7,9,11H2,1-4H3,(H2,31,37)(H,32,34). The number of fused-ring (bicyclic) bond motifs is 2. The molecule has 12 nitrogen and oxygen atoms in total. The van der Waals surface area contributed by atoms with E-state index < -0.39 is 52.6 Å². The van der Waals surface area contributed by atoms with Gasteiger partial charge in [-0.15, -0.1) is 0 Å². The van der Waals surface area contributed by atoms with Gasteiger partial charge in [-0.25, -0.2) is 0 Å². The summed E-state index contributed by atoms with van der Waals surface area (Å²) in [4.78, 5) is 52.5. The summed E-state index contributed by atoms with van der Waals surface area (Å²) in [5.74, 6) is -4.03. The Morgan fingerprint density at radius 2 is 1.86 bits per heavy atom. The minimum atomic E-state index is -2.04. The molecule has 0 bridgehead atoms. The number of Topliss-reactive ketones (excluding diaryl/α,β-unsaturated/α-hetero) is 2. The molecule has 1 spiro atoms. The number of aliphatic hydroxyl groups is 1. The smallest absolute Gasteiger partial charge is 0.239 e. The number of benzene rings is 2. The summed E-state index contributed by atoms with van der Waals surface area (Å²) >= 11 is 6.53. The van der Waals surface area contributed by atoms with Crippen molar-refractivity contribution in [2.75, 3.05) is 21.0 Å². The number of amides is 2. The zero-order valence-electron chi connectivity index (χ0n) is 23.2. The highest BCUT2D eigenvalue weighted by Crippen LogP contribution is 2.56. The lowest BCUT2D eigenvalue weighted by atomic mass is 9.69. The average molecular weight is 601 g/mol. The van der Waals surface area contributed by atoms with E-state index in [1.165, 1.54) is 27.2 Å². The van der Waals surface area contributed by atoms with Crippen molar-refractivity contribution < 1.29 is 48.0 Å². The SMILES string of the molecule is COc1cc(OC)c2c(c1Cl)OC1(C2=O)C(O)=C(C(CC(=O)NC(C)C(N)=O)c2ccc3c(c2)OCO3)C(=O)CC1C. The Morgan fingerprint density at radius 3 is 2.52 bits per heavy atom. The number of methoxy groups -OCH3 is 2. The molecule has 0 saturated carbocycles. The number of rotatable bonds is 8. The number of hydrogen-bond donors (Lipinski definition) is 3. The van der Waals surface area contributed by atoms with Crippen LogP contribution in [0.4, 0.5) is 0 Å². The Morgan fingerprint density at radius 1 is 1.17 bits per heavy atom. The Bertz CT molecular complexity index is 1550.